The Morgan fingerprint density at radius 2 is 1.48 bits per heavy atom. The molecule has 0 bridgehead atoms. The zero-order valence-corrected chi connectivity index (χ0v) is 23.5. The van der Waals surface area contributed by atoms with Gasteiger partial charge in [-0.15, -0.1) is 11.3 Å². The van der Waals surface area contributed by atoms with Crippen molar-refractivity contribution in [1.29, 1.82) is 0 Å². The number of fused-ring (bicyclic) bond motifs is 1. The molecule has 0 fully saturated rings. The molecule has 16 heteroatoms. The van der Waals surface area contributed by atoms with Gasteiger partial charge in [-0.1, -0.05) is 23.2 Å². The van der Waals surface area contributed by atoms with Crippen molar-refractivity contribution in [1.82, 2.24) is 4.98 Å². The summed E-state index contributed by atoms with van der Waals surface area (Å²) in [6.45, 7) is 0. The molecule has 0 unspecified atom stereocenters. The fourth-order valence-electron chi connectivity index (χ4n) is 3.55. The third-order valence-electron chi connectivity index (χ3n) is 5.39. The number of alkyl halides is 3. The van der Waals surface area contributed by atoms with Gasteiger partial charge in [-0.3, -0.25) is 9.44 Å². The summed E-state index contributed by atoms with van der Waals surface area (Å²) < 4.78 is 101. The number of halogens is 5. The minimum Gasteiger partial charge on any atom is -0.436 e. The molecule has 0 radical (unpaired) electrons. The number of aromatic nitrogens is 1. The van der Waals surface area contributed by atoms with Crippen LogP contribution in [0.25, 0.3) is 22.6 Å². The van der Waals surface area contributed by atoms with E-state index in [0.29, 0.717) is 27.1 Å². The highest BCUT2D eigenvalue weighted by Crippen LogP contribution is 2.36. The molecular formula is C24H14Cl2F3N3O5S3. The van der Waals surface area contributed by atoms with Gasteiger partial charge >= 0.3 is 6.18 Å². The first kappa shape index (κ1) is 28.2. The van der Waals surface area contributed by atoms with Gasteiger partial charge in [0.2, 0.25) is 5.89 Å². The van der Waals surface area contributed by atoms with Gasteiger partial charge in [-0.2, -0.15) is 13.2 Å². The lowest BCUT2D eigenvalue weighted by Crippen LogP contribution is -2.15. The van der Waals surface area contributed by atoms with E-state index in [1.165, 1.54) is 54.6 Å². The third-order valence-corrected chi connectivity index (χ3v) is 10.2. The minimum absolute atomic E-state index is 0.0472. The Balaban J connectivity index is 1.35. The van der Waals surface area contributed by atoms with Gasteiger partial charge in [0.25, 0.3) is 20.0 Å². The van der Waals surface area contributed by atoms with E-state index in [4.69, 9.17) is 27.6 Å². The number of sulfonamides is 2. The summed E-state index contributed by atoms with van der Waals surface area (Å²) >= 11 is 12.3. The number of thiophene rings is 1. The molecule has 0 atom stereocenters. The van der Waals surface area contributed by atoms with E-state index < -0.39 is 41.7 Å². The molecule has 2 aromatic heterocycles. The van der Waals surface area contributed by atoms with E-state index in [1.807, 2.05) is 0 Å². The molecule has 208 valence electrons. The average Bonchev–Trinajstić information content (AvgIpc) is 3.50. The maximum atomic E-state index is 13.1. The molecule has 0 spiro atoms. The summed E-state index contributed by atoms with van der Waals surface area (Å²) in [5.41, 5.74) is 0.235. The second-order valence-electron chi connectivity index (χ2n) is 8.19. The summed E-state index contributed by atoms with van der Waals surface area (Å²) in [6, 6.07) is 15.4. The van der Waals surface area contributed by atoms with Crippen LogP contribution in [0, 0.1) is 0 Å². The van der Waals surface area contributed by atoms with E-state index in [9.17, 15) is 30.0 Å². The van der Waals surface area contributed by atoms with Crippen LogP contribution in [0.15, 0.2) is 86.3 Å². The molecule has 0 aliphatic heterocycles. The standard InChI is InChI=1S/C24H14Cl2F3N3O5S3/c25-18-7-6-16(12-17(18)24(27,28)29)39(33,34)31-14-3-1-13(2-4-14)23-30-19-11-15(5-8-20(19)37-23)32-40(35,36)22-10-9-21(26)38-22/h1-12,31-32H. The van der Waals surface area contributed by atoms with Gasteiger partial charge < -0.3 is 4.42 Å². The first-order chi connectivity index (χ1) is 18.7. The van der Waals surface area contributed by atoms with Gasteiger partial charge in [-0.05, 0) is 72.8 Å². The normalized spacial score (nSPS) is 12.5. The molecule has 0 saturated heterocycles. The predicted molar refractivity (Wildman–Crippen MR) is 147 cm³/mol. The third kappa shape index (κ3) is 5.90. The summed E-state index contributed by atoms with van der Waals surface area (Å²) in [6.07, 6.45) is -4.83. The zero-order chi connectivity index (χ0) is 28.9. The van der Waals surface area contributed by atoms with Gasteiger partial charge in [0.05, 0.1) is 25.5 Å². The summed E-state index contributed by atoms with van der Waals surface area (Å²) in [7, 11) is -8.21. The number of oxazole rings is 1. The number of nitrogens with one attached hydrogen (secondary N) is 2. The topological polar surface area (TPSA) is 118 Å². The molecule has 2 N–H and O–H groups in total. The van der Waals surface area contributed by atoms with E-state index in [1.54, 1.807) is 0 Å². The first-order valence-corrected chi connectivity index (χ1v) is 15.4. The van der Waals surface area contributed by atoms with E-state index in [-0.39, 0.29) is 21.5 Å². The molecule has 0 saturated carbocycles. The molecule has 3 aromatic carbocycles. The molecule has 0 amide bonds. The zero-order valence-electron chi connectivity index (χ0n) is 19.5. The highest BCUT2D eigenvalue weighted by molar-refractivity contribution is 7.94. The number of benzene rings is 3. The smallest absolute Gasteiger partial charge is 0.417 e. The highest BCUT2D eigenvalue weighted by Gasteiger charge is 2.34. The SMILES string of the molecule is O=S(=O)(Nc1ccc(-c2nc3cc(NS(=O)(=O)c4ccc(Cl)s4)ccc3o2)cc1)c1ccc(Cl)c(C(F)(F)F)c1. The Kier molecular flexibility index (Phi) is 7.25. The van der Waals surface area contributed by atoms with Crippen LogP contribution in [-0.4, -0.2) is 21.8 Å². The lowest BCUT2D eigenvalue weighted by molar-refractivity contribution is -0.137. The number of anilines is 2. The number of nitrogens with zero attached hydrogens (tertiary/aromatic N) is 1. The molecular weight excluding hydrogens is 634 g/mol. The van der Waals surface area contributed by atoms with Crippen molar-refractivity contribution in [2.45, 2.75) is 15.3 Å². The van der Waals surface area contributed by atoms with Crippen molar-refractivity contribution < 1.29 is 34.4 Å². The Hall–Kier alpha value is -3.30. The Bertz CT molecular complexity index is 1960. The molecule has 8 nitrogen and oxygen atoms in total. The second-order valence-corrected chi connectivity index (χ2v) is 13.9. The van der Waals surface area contributed by atoms with Crippen LogP contribution in [0.5, 0.6) is 0 Å². The van der Waals surface area contributed by atoms with Crippen molar-refractivity contribution in [3.63, 3.8) is 0 Å². The van der Waals surface area contributed by atoms with Crippen LogP contribution < -0.4 is 9.44 Å². The molecule has 0 aliphatic carbocycles. The fourth-order valence-corrected chi connectivity index (χ4v) is 7.39. The fraction of sp³-hybridized carbons (Fsp3) is 0.0417. The van der Waals surface area contributed by atoms with Crippen LogP contribution in [0.3, 0.4) is 0 Å². The van der Waals surface area contributed by atoms with Crippen LogP contribution in [0.4, 0.5) is 24.5 Å². The number of hydrogen-bond acceptors (Lipinski definition) is 7. The molecule has 40 heavy (non-hydrogen) atoms. The van der Waals surface area contributed by atoms with Gasteiger partial charge in [-0.25, -0.2) is 21.8 Å². The van der Waals surface area contributed by atoms with Crippen molar-refractivity contribution in [3.8, 4) is 11.5 Å². The van der Waals surface area contributed by atoms with Crippen LogP contribution in [0.1, 0.15) is 5.56 Å². The molecule has 2 heterocycles. The monoisotopic (exact) mass is 647 g/mol. The Morgan fingerprint density at radius 3 is 2.12 bits per heavy atom. The van der Waals surface area contributed by atoms with Crippen LogP contribution in [0.2, 0.25) is 9.36 Å². The molecule has 5 aromatic rings. The molecule has 5 rings (SSSR count). The Morgan fingerprint density at radius 1 is 0.800 bits per heavy atom. The lowest BCUT2D eigenvalue weighted by atomic mass is 10.2. The number of hydrogen-bond donors (Lipinski definition) is 2. The minimum atomic E-state index is -4.83. The summed E-state index contributed by atoms with van der Waals surface area (Å²) in [5.74, 6) is 0.168. The van der Waals surface area contributed by atoms with Crippen molar-refractivity contribution in [2.24, 2.45) is 0 Å². The summed E-state index contributed by atoms with van der Waals surface area (Å²) in [5, 5.41) is -0.619. The summed E-state index contributed by atoms with van der Waals surface area (Å²) in [4.78, 5) is 3.76. The largest absolute Gasteiger partial charge is 0.436 e. The van der Waals surface area contributed by atoms with Gasteiger partial charge in [0.1, 0.15) is 9.73 Å². The van der Waals surface area contributed by atoms with Gasteiger partial charge in [0, 0.05) is 11.3 Å². The molecule has 0 aliphatic rings. The van der Waals surface area contributed by atoms with Crippen molar-refractivity contribution in [2.75, 3.05) is 9.44 Å². The lowest BCUT2D eigenvalue weighted by Gasteiger charge is -2.12. The van der Waals surface area contributed by atoms with Gasteiger partial charge in [0.15, 0.2) is 5.58 Å². The van der Waals surface area contributed by atoms with Crippen LogP contribution >= 0.6 is 34.5 Å². The van der Waals surface area contributed by atoms with Crippen molar-refractivity contribution in [3.05, 3.63) is 87.7 Å². The van der Waals surface area contributed by atoms with Crippen LogP contribution in [-0.2, 0) is 26.2 Å². The first-order valence-electron chi connectivity index (χ1n) is 10.9. The van der Waals surface area contributed by atoms with E-state index in [2.05, 4.69) is 14.4 Å². The highest BCUT2D eigenvalue weighted by atomic mass is 35.5. The van der Waals surface area contributed by atoms with E-state index >= 15 is 0 Å². The maximum Gasteiger partial charge on any atom is 0.417 e. The second kappa shape index (κ2) is 10.3. The number of rotatable bonds is 7. The average molecular weight is 648 g/mol. The van der Waals surface area contributed by atoms with Crippen molar-refractivity contribution >= 4 is 77.1 Å². The quantitative estimate of drug-likeness (QED) is 0.189. The maximum absolute atomic E-state index is 13.1. The Labute approximate surface area is 239 Å². The van der Waals surface area contributed by atoms with E-state index in [0.717, 1.165) is 23.5 Å². The predicted octanol–water partition coefficient (Wildman–Crippen LogP) is 7.48.